The molecule has 0 aliphatic carbocycles. The van der Waals surface area contributed by atoms with Crippen LogP contribution in [0, 0.1) is 0 Å². The van der Waals surface area contributed by atoms with E-state index in [0.717, 1.165) is 11.1 Å². The fourth-order valence-corrected chi connectivity index (χ4v) is 4.90. The zero-order valence-corrected chi connectivity index (χ0v) is 18.2. The summed E-state index contributed by atoms with van der Waals surface area (Å²) >= 11 is 7.28. The Morgan fingerprint density at radius 3 is 2.23 bits per heavy atom. The van der Waals surface area contributed by atoms with Crippen molar-refractivity contribution in [1.82, 2.24) is 4.90 Å². The number of hydrogen-bond donors (Lipinski definition) is 1. The number of hydrogen-bond acceptors (Lipinski definition) is 5. The molecule has 30 heavy (non-hydrogen) atoms. The van der Waals surface area contributed by atoms with Gasteiger partial charge in [0.25, 0.3) is 0 Å². The first-order valence-corrected chi connectivity index (χ1v) is 10.6. The van der Waals surface area contributed by atoms with Crippen LogP contribution in [0.1, 0.15) is 17.2 Å². The number of nitrogens with zero attached hydrogens (tertiary/aromatic N) is 1. The van der Waals surface area contributed by atoms with E-state index < -0.39 is 18.1 Å². The molecule has 156 valence electrons. The standard InChI is InChI=1S/C22H19ClN2O3S.ClH/c23-12-11-16-13-29-21-17(24)20(26)25(21)18(16)22(27)28-19(14-7-3-1-4-8-14)15-9-5-2-6-10-15;/h1-12,17,19,21H,13,24H2;1H/b12-11+;. The van der Waals surface area contributed by atoms with Gasteiger partial charge in [-0.05, 0) is 22.8 Å². The fraction of sp³-hybridized carbons (Fsp3) is 0.182. The van der Waals surface area contributed by atoms with Crippen molar-refractivity contribution in [3.8, 4) is 0 Å². The second-order valence-corrected chi connectivity index (χ2v) is 8.07. The van der Waals surface area contributed by atoms with E-state index in [0.29, 0.717) is 11.3 Å². The van der Waals surface area contributed by atoms with E-state index in [1.165, 1.54) is 22.2 Å². The van der Waals surface area contributed by atoms with Gasteiger partial charge in [-0.2, -0.15) is 0 Å². The Bertz CT molecular complexity index is 943. The van der Waals surface area contributed by atoms with Gasteiger partial charge in [-0.15, -0.1) is 24.2 Å². The Morgan fingerprint density at radius 1 is 1.13 bits per heavy atom. The van der Waals surface area contributed by atoms with E-state index in [9.17, 15) is 9.59 Å². The first kappa shape index (κ1) is 22.4. The van der Waals surface area contributed by atoms with Gasteiger partial charge < -0.3 is 10.5 Å². The molecule has 2 heterocycles. The van der Waals surface area contributed by atoms with Crippen LogP contribution < -0.4 is 5.73 Å². The minimum Gasteiger partial charge on any atom is -0.448 e. The highest BCUT2D eigenvalue weighted by atomic mass is 35.5. The monoisotopic (exact) mass is 462 g/mol. The van der Waals surface area contributed by atoms with Gasteiger partial charge in [-0.1, -0.05) is 72.3 Å². The fourth-order valence-electron chi connectivity index (χ4n) is 3.48. The number of esters is 1. The van der Waals surface area contributed by atoms with E-state index in [2.05, 4.69) is 0 Å². The molecule has 0 saturated carbocycles. The predicted octanol–water partition coefficient (Wildman–Crippen LogP) is 3.99. The van der Waals surface area contributed by atoms with Crippen LogP contribution >= 0.6 is 35.8 Å². The normalized spacial score (nSPS) is 20.6. The summed E-state index contributed by atoms with van der Waals surface area (Å²) in [6, 6.07) is 18.4. The molecule has 0 radical (unpaired) electrons. The molecule has 1 saturated heterocycles. The van der Waals surface area contributed by atoms with Crippen LogP contribution in [0.5, 0.6) is 0 Å². The molecule has 4 rings (SSSR count). The highest BCUT2D eigenvalue weighted by Gasteiger charge is 2.52. The van der Waals surface area contributed by atoms with Crippen molar-refractivity contribution in [3.63, 3.8) is 0 Å². The maximum atomic E-state index is 13.3. The predicted molar refractivity (Wildman–Crippen MR) is 121 cm³/mol. The van der Waals surface area contributed by atoms with Gasteiger partial charge in [0.1, 0.15) is 17.1 Å². The van der Waals surface area contributed by atoms with Crippen molar-refractivity contribution in [1.29, 1.82) is 0 Å². The zero-order chi connectivity index (χ0) is 20.4. The molecule has 0 spiro atoms. The number of carbonyl (C=O) groups is 2. The molecule has 2 atom stereocenters. The van der Waals surface area contributed by atoms with Crippen molar-refractivity contribution < 1.29 is 14.3 Å². The second-order valence-electron chi connectivity index (χ2n) is 6.71. The number of nitrogens with two attached hydrogens (primary N) is 1. The molecule has 2 aromatic rings. The van der Waals surface area contributed by atoms with E-state index >= 15 is 0 Å². The van der Waals surface area contributed by atoms with Gasteiger partial charge >= 0.3 is 5.97 Å². The number of allylic oxidation sites excluding steroid dienone is 1. The van der Waals surface area contributed by atoms with E-state index in [4.69, 9.17) is 22.1 Å². The second kappa shape index (κ2) is 9.71. The first-order valence-electron chi connectivity index (χ1n) is 9.13. The first-order chi connectivity index (χ1) is 14.1. The number of benzene rings is 2. The maximum Gasteiger partial charge on any atom is 0.356 e. The smallest absolute Gasteiger partial charge is 0.356 e. The number of halogens is 2. The molecule has 2 N–H and O–H groups in total. The Balaban J connectivity index is 0.00000256. The summed E-state index contributed by atoms with van der Waals surface area (Å²) in [6.45, 7) is 0. The zero-order valence-electron chi connectivity index (χ0n) is 15.8. The third-order valence-electron chi connectivity index (χ3n) is 4.93. The molecule has 5 nitrogen and oxygen atoms in total. The quantitative estimate of drug-likeness (QED) is 0.536. The summed E-state index contributed by atoms with van der Waals surface area (Å²) in [5, 5.41) is -0.260. The van der Waals surface area contributed by atoms with Gasteiger partial charge in [-0.3, -0.25) is 9.69 Å². The van der Waals surface area contributed by atoms with E-state index in [1.807, 2.05) is 60.7 Å². The Morgan fingerprint density at radius 2 is 1.70 bits per heavy atom. The lowest BCUT2D eigenvalue weighted by Gasteiger charge is -2.48. The average molecular weight is 463 g/mol. The van der Waals surface area contributed by atoms with Crippen molar-refractivity contribution in [2.24, 2.45) is 5.73 Å². The number of amides is 1. The number of ether oxygens (including phenoxy) is 1. The number of rotatable bonds is 5. The third kappa shape index (κ3) is 4.14. The SMILES string of the molecule is Cl.NC1C(=O)N2C(C(=O)OC(c3ccccc3)c3ccccc3)=C(/C=C/Cl)CSC12. The molecule has 2 aromatic carbocycles. The van der Waals surface area contributed by atoms with E-state index in [-0.39, 0.29) is 29.4 Å². The lowest BCUT2D eigenvalue weighted by Crippen LogP contribution is -2.68. The van der Waals surface area contributed by atoms with Crippen molar-refractivity contribution in [2.45, 2.75) is 17.5 Å². The van der Waals surface area contributed by atoms with Crippen LogP contribution in [-0.2, 0) is 14.3 Å². The van der Waals surface area contributed by atoms with Gasteiger partial charge in [-0.25, -0.2) is 4.79 Å². The van der Waals surface area contributed by atoms with Crippen molar-refractivity contribution in [2.75, 3.05) is 5.75 Å². The summed E-state index contributed by atoms with van der Waals surface area (Å²) in [5.41, 5.74) is 9.79. The van der Waals surface area contributed by atoms with Crippen molar-refractivity contribution >= 4 is 47.6 Å². The van der Waals surface area contributed by atoms with Gasteiger partial charge in [0.2, 0.25) is 5.91 Å². The van der Waals surface area contributed by atoms with Gasteiger partial charge in [0.05, 0.1) is 0 Å². The van der Waals surface area contributed by atoms with Gasteiger partial charge in [0, 0.05) is 11.3 Å². The highest BCUT2D eigenvalue weighted by molar-refractivity contribution is 8.00. The summed E-state index contributed by atoms with van der Waals surface area (Å²) in [6.07, 6.45) is 1.02. The number of thioether (sulfide) groups is 1. The molecule has 2 aliphatic heterocycles. The lowest BCUT2D eigenvalue weighted by atomic mass is 10.0. The van der Waals surface area contributed by atoms with Crippen molar-refractivity contribution in [3.05, 3.63) is 94.7 Å². The molecular weight excluding hydrogens is 443 g/mol. The molecule has 1 amide bonds. The maximum absolute atomic E-state index is 13.3. The highest BCUT2D eigenvalue weighted by Crippen LogP contribution is 2.41. The van der Waals surface area contributed by atoms with E-state index in [1.54, 1.807) is 6.08 Å². The Hall–Kier alpha value is -2.25. The summed E-state index contributed by atoms with van der Waals surface area (Å²) in [5.74, 6) is -0.333. The van der Waals surface area contributed by atoms with Crippen LogP contribution in [-0.4, -0.2) is 33.9 Å². The topological polar surface area (TPSA) is 72.6 Å². The minimum atomic E-state index is -0.608. The largest absolute Gasteiger partial charge is 0.448 e. The van der Waals surface area contributed by atoms with Crippen LogP contribution in [0.2, 0.25) is 0 Å². The molecule has 2 unspecified atom stereocenters. The lowest BCUT2D eigenvalue weighted by molar-refractivity contribution is -0.153. The molecule has 8 heteroatoms. The molecule has 1 fully saturated rings. The Labute approximate surface area is 190 Å². The molecule has 0 bridgehead atoms. The van der Waals surface area contributed by atoms with Crippen LogP contribution in [0.4, 0.5) is 0 Å². The number of β-lactam (4-membered cyclic amide) rings is 1. The summed E-state index contributed by atoms with van der Waals surface area (Å²) in [4.78, 5) is 27.1. The number of fused-ring (bicyclic) bond motifs is 1. The molecule has 2 aliphatic rings. The molecular formula is C22H20Cl2N2O3S. The molecule has 0 aromatic heterocycles. The summed E-state index contributed by atoms with van der Waals surface area (Å²) < 4.78 is 5.96. The minimum absolute atomic E-state index is 0. The third-order valence-corrected chi connectivity index (χ3v) is 6.38. The van der Waals surface area contributed by atoms with Crippen LogP contribution in [0.3, 0.4) is 0 Å². The average Bonchev–Trinajstić information content (AvgIpc) is 2.77. The Kier molecular flexibility index (Phi) is 7.26. The number of carbonyl (C=O) groups excluding carboxylic acids is 2. The van der Waals surface area contributed by atoms with Crippen LogP contribution in [0.25, 0.3) is 0 Å². The van der Waals surface area contributed by atoms with Crippen LogP contribution in [0.15, 0.2) is 83.5 Å². The van der Waals surface area contributed by atoms with Gasteiger partial charge in [0.15, 0.2) is 6.10 Å². The summed E-state index contributed by atoms with van der Waals surface area (Å²) in [7, 11) is 0.